The molecule has 0 saturated heterocycles. The van der Waals surface area contributed by atoms with E-state index in [9.17, 15) is 4.39 Å². The lowest BCUT2D eigenvalue weighted by Gasteiger charge is -2.06. The first kappa shape index (κ1) is 17.7. The molecule has 4 nitrogen and oxygen atoms in total. The molecule has 0 spiro atoms. The summed E-state index contributed by atoms with van der Waals surface area (Å²) in [4.78, 5) is 4.38. The van der Waals surface area contributed by atoms with E-state index in [1.165, 1.54) is 12.1 Å². The summed E-state index contributed by atoms with van der Waals surface area (Å²) >= 11 is 0. The molecule has 0 aliphatic carbocycles. The van der Waals surface area contributed by atoms with E-state index < -0.39 is 0 Å². The average molecular weight is 372 g/mol. The Bertz CT molecular complexity index is 1070. The summed E-state index contributed by atoms with van der Waals surface area (Å²) in [5.41, 5.74) is 2.65. The monoisotopic (exact) mass is 372 g/mol. The quantitative estimate of drug-likeness (QED) is 0.440. The highest BCUT2D eigenvalue weighted by molar-refractivity contribution is 5.66. The molecule has 0 N–H and O–H groups in total. The highest BCUT2D eigenvalue weighted by Gasteiger charge is 2.07. The van der Waals surface area contributed by atoms with E-state index in [4.69, 9.17) is 9.26 Å². The highest BCUT2D eigenvalue weighted by Crippen LogP contribution is 2.21. The Balaban J connectivity index is 1.40. The van der Waals surface area contributed by atoms with Gasteiger partial charge in [0.05, 0.1) is 0 Å². The Morgan fingerprint density at radius 3 is 2.50 bits per heavy atom. The first-order chi connectivity index (χ1) is 13.8. The maximum atomic E-state index is 13.2. The van der Waals surface area contributed by atoms with E-state index in [0.717, 1.165) is 16.7 Å². The van der Waals surface area contributed by atoms with E-state index in [1.54, 1.807) is 12.1 Å². The van der Waals surface area contributed by atoms with Crippen molar-refractivity contribution in [1.82, 2.24) is 10.1 Å². The van der Waals surface area contributed by atoms with Gasteiger partial charge in [0.25, 0.3) is 5.89 Å². The number of ether oxygens (including phenoxy) is 1. The smallest absolute Gasteiger partial charge is 0.250 e. The Labute approximate surface area is 161 Å². The summed E-state index contributed by atoms with van der Waals surface area (Å²) in [6.45, 7) is 0.299. The Hall–Kier alpha value is -3.73. The minimum absolute atomic E-state index is 0.273. The van der Waals surface area contributed by atoms with E-state index in [-0.39, 0.29) is 5.82 Å². The number of benzene rings is 3. The van der Waals surface area contributed by atoms with Crippen LogP contribution in [0, 0.1) is 5.82 Å². The Morgan fingerprint density at radius 2 is 1.71 bits per heavy atom. The standard InChI is InChI=1S/C23H17FN2O2/c24-20-8-4-7-18(15-20)16-27-21-12-10-19(11-13-21)23-25-22(28-26-23)14-9-17-5-2-1-3-6-17/h1-15H,16H2/b14-9+. The second-order valence-electron chi connectivity index (χ2n) is 6.14. The molecule has 0 aliphatic rings. The minimum atomic E-state index is -0.273. The largest absolute Gasteiger partial charge is 0.489 e. The van der Waals surface area contributed by atoms with Gasteiger partial charge in [0.15, 0.2) is 0 Å². The molecule has 3 aromatic carbocycles. The van der Waals surface area contributed by atoms with Crippen molar-refractivity contribution in [1.29, 1.82) is 0 Å². The summed E-state index contributed by atoms with van der Waals surface area (Å²) in [6.07, 6.45) is 3.70. The molecular weight excluding hydrogens is 355 g/mol. The lowest BCUT2D eigenvalue weighted by atomic mass is 10.2. The first-order valence-corrected chi connectivity index (χ1v) is 8.81. The molecule has 0 bridgehead atoms. The van der Waals surface area contributed by atoms with Gasteiger partial charge in [0, 0.05) is 11.6 Å². The van der Waals surface area contributed by atoms with Crippen molar-refractivity contribution in [3.8, 4) is 17.1 Å². The summed E-state index contributed by atoms with van der Waals surface area (Å²) < 4.78 is 24.2. The lowest BCUT2D eigenvalue weighted by Crippen LogP contribution is -1.95. The van der Waals surface area contributed by atoms with E-state index in [1.807, 2.05) is 66.7 Å². The third-order valence-electron chi connectivity index (χ3n) is 4.07. The van der Waals surface area contributed by atoms with Gasteiger partial charge in [-0.05, 0) is 53.6 Å². The van der Waals surface area contributed by atoms with Crippen LogP contribution in [0.4, 0.5) is 4.39 Å². The van der Waals surface area contributed by atoms with Gasteiger partial charge >= 0.3 is 0 Å². The van der Waals surface area contributed by atoms with Crippen molar-refractivity contribution in [2.45, 2.75) is 6.61 Å². The molecule has 0 unspecified atom stereocenters. The molecular formula is C23H17FN2O2. The third kappa shape index (κ3) is 4.51. The van der Waals surface area contributed by atoms with Crippen LogP contribution in [0.3, 0.4) is 0 Å². The summed E-state index contributed by atoms with van der Waals surface area (Å²) in [5, 5.41) is 4.01. The molecule has 0 atom stereocenters. The molecule has 0 fully saturated rings. The second kappa shape index (κ2) is 8.31. The zero-order valence-corrected chi connectivity index (χ0v) is 15.0. The van der Waals surface area contributed by atoms with Gasteiger partial charge in [-0.2, -0.15) is 4.98 Å². The summed E-state index contributed by atoms with van der Waals surface area (Å²) in [6, 6.07) is 23.6. The maximum absolute atomic E-state index is 13.2. The van der Waals surface area contributed by atoms with Crippen LogP contribution in [0.1, 0.15) is 17.0 Å². The zero-order chi connectivity index (χ0) is 19.2. The van der Waals surface area contributed by atoms with Crippen LogP contribution < -0.4 is 4.74 Å². The fourth-order valence-corrected chi connectivity index (χ4v) is 2.65. The van der Waals surface area contributed by atoms with Crippen molar-refractivity contribution in [3.05, 3.63) is 102 Å². The number of nitrogens with zero attached hydrogens (tertiary/aromatic N) is 2. The molecule has 5 heteroatoms. The molecule has 1 heterocycles. The fourth-order valence-electron chi connectivity index (χ4n) is 2.65. The van der Waals surface area contributed by atoms with Crippen molar-refractivity contribution in [2.75, 3.05) is 0 Å². The van der Waals surface area contributed by atoms with Crippen LogP contribution >= 0.6 is 0 Å². The van der Waals surface area contributed by atoms with E-state index in [0.29, 0.717) is 24.1 Å². The zero-order valence-electron chi connectivity index (χ0n) is 15.0. The van der Waals surface area contributed by atoms with Gasteiger partial charge in [-0.15, -0.1) is 0 Å². The predicted octanol–water partition coefficient (Wildman–Crippen LogP) is 5.63. The van der Waals surface area contributed by atoms with Crippen molar-refractivity contribution < 1.29 is 13.7 Å². The first-order valence-electron chi connectivity index (χ1n) is 8.81. The number of aromatic nitrogens is 2. The molecule has 4 aromatic rings. The third-order valence-corrected chi connectivity index (χ3v) is 4.07. The van der Waals surface area contributed by atoms with Crippen LogP contribution in [-0.2, 0) is 6.61 Å². The van der Waals surface area contributed by atoms with Crippen molar-refractivity contribution in [2.24, 2.45) is 0 Å². The van der Waals surface area contributed by atoms with Gasteiger partial charge in [0.1, 0.15) is 18.2 Å². The topological polar surface area (TPSA) is 48.2 Å². The SMILES string of the molecule is Fc1cccc(COc2ccc(-c3noc(/C=C/c4ccccc4)n3)cc2)c1. The molecule has 1 aromatic heterocycles. The number of rotatable bonds is 6. The average Bonchev–Trinajstić information content (AvgIpc) is 3.21. The summed E-state index contributed by atoms with van der Waals surface area (Å²) in [5.74, 6) is 1.35. The van der Waals surface area contributed by atoms with Crippen molar-refractivity contribution >= 4 is 12.2 Å². The van der Waals surface area contributed by atoms with Gasteiger partial charge in [-0.3, -0.25) is 0 Å². The molecule has 0 aliphatic heterocycles. The predicted molar refractivity (Wildman–Crippen MR) is 106 cm³/mol. The second-order valence-corrected chi connectivity index (χ2v) is 6.14. The lowest BCUT2D eigenvalue weighted by molar-refractivity contribution is 0.305. The molecule has 4 rings (SSSR count). The van der Waals surface area contributed by atoms with E-state index in [2.05, 4.69) is 10.1 Å². The van der Waals surface area contributed by atoms with Gasteiger partial charge in [-0.1, -0.05) is 47.6 Å². The van der Waals surface area contributed by atoms with Gasteiger partial charge in [-0.25, -0.2) is 4.39 Å². The highest BCUT2D eigenvalue weighted by atomic mass is 19.1. The van der Waals surface area contributed by atoms with E-state index >= 15 is 0 Å². The summed E-state index contributed by atoms with van der Waals surface area (Å²) in [7, 11) is 0. The number of halogens is 1. The Kier molecular flexibility index (Phi) is 5.24. The molecule has 28 heavy (non-hydrogen) atoms. The number of hydrogen-bond donors (Lipinski definition) is 0. The van der Waals surface area contributed by atoms with Crippen LogP contribution in [0.15, 0.2) is 83.4 Å². The van der Waals surface area contributed by atoms with Gasteiger partial charge in [0.2, 0.25) is 5.82 Å². The van der Waals surface area contributed by atoms with Crippen LogP contribution in [-0.4, -0.2) is 10.1 Å². The number of hydrogen-bond acceptors (Lipinski definition) is 4. The molecule has 0 amide bonds. The Morgan fingerprint density at radius 1 is 0.893 bits per heavy atom. The van der Waals surface area contributed by atoms with Crippen LogP contribution in [0.25, 0.3) is 23.5 Å². The molecule has 0 radical (unpaired) electrons. The molecule has 0 saturated carbocycles. The van der Waals surface area contributed by atoms with Crippen LogP contribution in [0.2, 0.25) is 0 Å². The minimum Gasteiger partial charge on any atom is -0.489 e. The van der Waals surface area contributed by atoms with Gasteiger partial charge < -0.3 is 9.26 Å². The maximum Gasteiger partial charge on any atom is 0.250 e. The normalized spacial score (nSPS) is 11.0. The van der Waals surface area contributed by atoms with Crippen LogP contribution in [0.5, 0.6) is 5.75 Å². The molecule has 138 valence electrons. The fraction of sp³-hybridized carbons (Fsp3) is 0.0435. The van der Waals surface area contributed by atoms with Crippen molar-refractivity contribution in [3.63, 3.8) is 0 Å².